The van der Waals surface area contributed by atoms with Crippen molar-refractivity contribution in [1.29, 1.82) is 0 Å². The van der Waals surface area contributed by atoms with Gasteiger partial charge in [0.05, 0.1) is 11.2 Å². The molecule has 1 saturated heterocycles. The van der Waals surface area contributed by atoms with Crippen LogP contribution < -0.4 is 5.32 Å². The molecule has 2 aromatic carbocycles. The van der Waals surface area contributed by atoms with Gasteiger partial charge in [0.15, 0.2) is 5.82 Å². The maximum Gasteiger partial charge on any atom is 0.453 e. The Morgan fingerprint density at radius 2 is 1.64 bits per heavy atom. The Balaban J connectivity index is 1.19. The number of hydrogen-bond acceptors (Lipinski definition) is 6. The lowest BCUT2D eigenvalue weighted by Crippen LogP contribution is -2.32. The molecule has 3 aromatic heterocycles. The second kappa shape index (κ2) is 10.8. The van der Waals surface area contributed by atoms with Crippen LogP contribution in [0.5, 0.6) is 0 Å². The number of nitrogens with zero attached hydrogens (tertiary/aromatic N) is 6. The summed E-state index contributed by atoms with van der Waals surface area (Å²) in [6, 6.07) is 21.5. The Hall–Kier alpha value is -4.31. The van der Waals surface area contributed by atoms with E-state index in [0.29, 0.717) is 17.4 Å². The highest BCUT2D eigenvalue weighted by Gasteiger charge is 2.37. The van der Waals surface area contributed by atoms with Gasteiger partial charge in [-0.15, -0.1) is 5.10 Å². The van der Waals surface area contributed by atoms with Gasteiger partial charge in [0.25, 0.3) is 5.82 Å². The fourth-order valence-corrected chi connectivity index (χ4v) is 6.16. The summed E-state index contributed by atoms with van der Waals surface area (Å²) in [6.45, 7) is 2.36. The minimum atomic E-state index is -4.71. The molecule has 1 unspecified atom stereocenters. The van der Waals surface area contributed by atoms with Crippen LogP contribution in [0, 0.1) is 0 Å². The molecule has 10 heteroatoms. The van der Waals surface area contributed by atoms with E-state index in [-0.39, 0.29) is 11.8 Å². The summed E-state index contributed by atoms with van der Waals surface area (Å²) in [5.74, 6) is -1.06. The standard InChI is InChI=1S/C32H30F3N7/c33-32(34,35)30-39-31(37-25-13-10-21-11-14-26(15-12-22(21)19-25)41-16-3-4-17-41)42(40-30)29-9-5-8-28(38-29)24-18-23-6-1-2-7-27(23)36-20-24/h1-2,5-10,13,18-20,26H,3-4,11-12,14-17H2,(H,37,39,40). The predicted octanol–water partition coefficient (Wildman–Crippen LogP) is 6.98. The van der Waals surface area contributed by atoms with Crippen LogP contribution >= 0.6 is 0 Å². The number of alkyl halides is 3. The molecule has 214 valence electrons. The fourth-order valence-electron chi connectivity index (χ4n) is 6.16. The minimum absolute atomic E-state index is 0.0490. The second-order valence-electron chi connectivity index (χ2n) is 11.0. The summed E-state index contributed by atoms with van der Waals surface area (Å²) >= 11 is 0. The molecule has 1 N–H and O–H groups in total. The smallest absolute Gasteiger partial charge is 0.324 e. The number of benzene rings is 2. The summed E-state index contributed by atoms with van der Waals surface area (Å²) in [5, 5.41) is 7.88. The normalized spacial score (nSPS) is 17.7. The molecule has 0 radical (unpaired) electrons. The van der Waals surface area contributed by atoms with Crippen LogP contribution in [0.25, 0.3) is 28.0 Å². The fraction of sp³-hybridized carbons (Fsp3) is 0.312. The van der Waals surface area contributed by atoms with Gasteiger partial charge in [-0.1, -0.05) is 30.3 Å². The monoisotopic (exact) mass is 569 g/mol. The summed E-state index contributed by atoms with van der Waals surface area (Å²) in [7, 11) is 0. The molecule has 2 aliphatic rings. The quantitative estimate of drug-likeness (QED) is 0.230. The average molecular weight is 570 g/mol. The Bertz CT molecular complexity index is 1740. The van der Waals surface area contributed by atoms with Crippen molar-refractivity contribution in [2.45, 2.75) is 50.7 Å². The highest BCUT2D eigenvalue weighted by Crippen LogP contribution is 2.32. The van der Waals surface area contributed by atoms with E-state index < -0.39 is 12.0 Å². The van der Waals surface area contributed by atoms with E-state index in [0.717, 1.165) is 46.8 Å². The number of anilines is 2. The molecule has 1 fully saturated rings. The second-order valence-corrected chi connectivity index (χ2v) is 11.0. The number of hydrogen-bond donors (Lipinski definition) is 1. The van der Waals surface area contributed by atoms with Crippen LogP contribution in [0.15, 0.2) is 72.9 Å². The largest absolute Gasteiger partial charge is 0.453 e. The molecule has 7 nitrogen and oxygen atoms in total. The first kappa shape index (κ1) is 26.6. The topological polar surface area (TPSA) is 71.8 Å². The first-order valence-electron chi connectivity index (χ1n) is 14.4. The number of para-hydroxylation sites is 1. The van der Waals surface area contributed by atoms with E-state index in [4.69, 9.17) is 0 Å². The molecule has 5 aromatic rings. The minimum Gasteiger partial charge on any atom is -0.324 e. The SMILES string of the molecule is FC(F)(F)c1nc(Nc2ccc3c(c2)CCC(N2CCCC2)CC3)n(-c2cccc(-c3cnc4ccccc4c3)n2)n1. The van der Waals surface area contributed by atoms with Gasteiger partial charge in [-0.25, -0.2) is 4.98 Å². The Morgan fingerprint density at radius 3 is 2.48 bits per heavy atom. The summed E-state index contributed by atoms with van der Waals surface area (Å²) in [4.78, 5) is 15.6. The zero-order chi connectivity index (χ0) is 28.7. The predicted molar refractivity (Wildman–Crippen MR) is 156 cm³/mol. The number of aromatic nitrogens is 5. The van der Waals surface area contributed by atoms with Crippen molar-refractivity contribution < 1.29 is 13.2 Å². The maximum absolute atomic E-state index is 13.8. The summed E-state index contributed by atoms with van der Waals surface area (Å²) in [6.07, 6.45) is 3.72. The van der Waals surface area contributed by atoms with Crippen LogP contribution in [0.3, 0.4) is 0 Å². The van der Waals surface area contributed by atoms with E-state index >= 15 is 0 Å². The van der Waals surface area contributed by atoms with E-state index in [2.05, 4.69) is 36.3 Å². The van der Waals surface area contributed by atoms with E-state index in [1.807, 2.05) is 42.5 Å². The van der Waals surface area contributed by atoms with Gasteiger partial charge in [0.1, 0.15) is 0 Å². The average Bonchev–Trinajstić information content (AvgIpc) is 3.64. The zero-order valence-corrected chi connectivity index (χ0v) is 23.0. The third-order valence-corrected chi connectivity index (χ3v) is 8.31. The maximum atomic E-state index is 13.8. The van der Waals surface area contributed by atoms with Crippen LogP contribution in [-0.2, 0) is 19.0 Å². The summed E-state index contributed by atoms with van der Waals surface area (Å²) in [5.41, 5.74) is 5.37. The van der Waals surface area contributed by atoms with E-state index in [1.54, 1.807) is 24.4 Å². The molecule has 0 amide bonds. The lowest BCUT2D eigenvalue weighted by atomic mass is 10.0. The van der Waals surface area contributed by atoms with Gasteiger partial charge < -0.3 is 10.2 Å². The van der Waals surface area contributed by atoms with Crippen LogP contribution in [0.1, 0.15) is 42.6 Å². The summed E-state index contributed by atoms with van der Waals surface area (Å²) < 4.78 is 42.4. The highest BCUT2D eigenvalue weighted by atomic mass is 19.4. The van der Waals surface area contributed by atoms with Gasteiger partial charge in [-0.2, -0.15) is 22.8 Å². The molecule has 1 atom stereocenters. The van der Waals surface area contributed by atoms with E-state index in [1.165, 1.54) is 37.1 Å². The Labute approximate surface area is 241 Å². The van der Waals surface area contributed by atoms with Crippen molar-refractivity contribution in [3.8, 4) is 17.1 Å². The van der Waals surface area contributed by atoms with Crippen LogP contribution in [0.4, 0.5) is 24.8 Å². The third kappa shape index (κ3) is 5.34. The molecule has 7 rings (SSSR count). The van der Waals surface area contributed by atoms with Gasteiger partial charge >= 0.3 is 6.18 Å². The van der Waals surface area contributed by atoms with Crippen molar-refractivity contribution in [2.24, 2.45) is 0 Å². The van der Waals surface area contributed by atoms with Gasteiger partial charge in [-0.3, -0.25) is 4.98 Å². The number of pyridine rings is 2. The molecule has 1 aliphatic heterocycles. The molecule has 4 heterocycles. The van der Waals surface area contributed by atoms with Gasteiger partial charge in [0.2, 0.25) is 5.95 Å². The molecular formula is C32H30F3N7. The number of nitrogens with one attached hydrogen (secondary N) is 1. The number of likely N-dealkylation sites (tertiary alicyclic amines) is 1. The molecular weight excluding hydrogens is 539 g/mol. The molecule has 1 aliphatic carbocycles. The Kier molecular flexibility index (Phi) is 6.85. The van der Waals surface area contributed by atoms with E-state index in [9.17, 15) is 13.2 Å². The molecule has 0 bridgehead atoms. The first-order valence-corrected chi connectivity index (χ1v) is 14.4. The van der Waals surface area contributed by atoms with Crippen molar-refractivity contribution in [3.05, 3.63) is 89.9 Å². The Morgan fingerprint density at radius 1 is 0.833 bits per heavy atom. The zero-order valence-electron chi connectivity index (χ0n) is 23.0. The molecule has 0 saturated carbocycles. The molecule has 0 spiro atoms. The highest BCUT2D eigenvalue weighted by molar-refractivity contribution is 5.82. The first-order chi connectivity index (χ1) is 20.4. The van der Waals surface area contributed by atoms with Crippen molar-refractivity contribution in [3.63, 3.8) is 0 Å². The molecule has 42 heavy (non-hydrogen) atoms. The van der Waals surface area contributed by atoms with Gasteiger partial charge in [0, 0.05) is 28.9 Å². The van der Waals surface area contributed by atoms with Crippen LogP contribution in [0.2, 0.25) is 0 Å². The van der Waals surface area contributed by atoms with Crippen molar-refractivity contribution in [2.75, 3.05) is 18.4 Å². The number of halogens is 3. The lowest BCUT2D eigenvalue weighted by molar-refractivity contribution is -0.144. The van der Waals surface area contributed by atoms with Gasteiger partial charge in [-0.05, 0) is 99.1 Å². The third-order valence-electron chi connectivity index (χ3n) is 8.31. The lowest BCUT2D eigenvalue weighted by Gasteiger charge is -2.25. The van der Waals surface area contributed by atoms with Crippen molar-refractivity contribution >= 4 is 22.5 Å². The number of aryl methyl sites for hydroxylation is 2. The van der Waals surface area contributed by atoms with Crippen molar-refractivity contribution in [1.82, 2.24) is 29.6 Å². The van der Waals surface area contributed by atoms with Crippen LogP contribution in [-0.4, -0.2) is 48.8 Å². The number of rotatable bonds is 5. The number of fused-ring (bicyclic) bond motifs is 2.